The van der Waals surface area contributed by atoms with Crippen molar-refractivity contribution in [1.29, 1.82) is 0 Å². The zero-order valence-corrected chi connectivity index (χ0v) is 19.1. The molecule has 168 valence electrons. The summed E-state index contributed by atoms with van der Waals surface area (Å²) >= 11 is 0. The maximum Gasteiger partial charge on any atom is 0.261 e. The number of imide groups is 1. The molecule has 3 aliphatic rings. The van der Waals surface area contributed by atoms with E-state index in [0.29, 0.717) is 29.8 Å². The number of hydrogen-bond acceptors (Lipinski definition) is 4. The zero-order valence-electron chi connectivity index (χ0n) is 19.1. The number of benzene rings is 1. The van der Waals surface area contributed by atoms with Crippen LogP contribution in [0.25, 0.3) is 0 Å². The van der Waals surface area contributed by atoms with Crippen LogP contribution in [-0.2, 0) is 18.5 Å². The first-order valence-electron chi connectivity index (χ1n) is 11.6. The highest BCUT2D eigenvalue weighted by Crippen LogP contribution is 2.32. The molecule has 32 heavy (non-hydrogen) atoms. The molecule has 3 heterocycles. The summed E-state index contributed by atoms with van der Waals surface area (Å²) < 4.78 is 2.05. The Morgan fingerprint density at radius 1 is 1.03 bits per heavy atom. The fourth-order valence-corrected chi connectivity index (χ4v) is 5.33. The van der Waals surface area contributed by atoms with Gasteiger partial charge in [-0.15, -0.1) is 0 Å². The third-order valence-electron chi connectivity index (χ3n) is 6.96. The predicted octanol–water partition coefficient (Wildman–Crippen LogP) is 3.77. The van der Waals surface area contributed by atoms with Gasteiger partial charge in [0.2, 0.25) is 0 Å². The lowest BCUT2D eigenvalue weighted by molar-refractivity contribution is 0.0548. The van der Waals surface area contributed by atoms with Gasteiger partial charge in [0.25, 0.3) is 17.7 Å². The minimum absolute atomic E-state index is 0.0184. The summed E-state index contributed by atoms with van der Waals surface area (Å²) in [6, 6.07) is 4.94. The van der Waals surface area contributed by atoms with Crippen LogP contribution < -0.4 is 0 Å². The molecular formula is C25H30N4O3. The number of fused-ring (bicyclic) bond motifs is 2. The Bertz CT molecular complexity index is 1100. The van der Waals surface area contributed by atoms with Crippen molar-refractivity contribution in [3.63, 3.8) is 0 Å². The zero-order chi connectivity index (χ0) is 22.6. The van der Waals surface area contributed by atoms with Crippen molar-refractivity contribution in [2.75, 3.05) is 6.54 Å². The van der Waals surface area contributed by atoms with Gasteiger partial charge in [0.15, 0.2) is 0 Å². The largest absolute Gasteiger partial charge is 0.334 e. The molecule has 0 N–H and O–H groups in total. The number of rotatable bonds is 2. The maximum atomic E-state index is 13.3. The molecule has 2 aliphatic heterocycles. The SMILES string of the molecule is CC(C)(C)n1ncc2c1CCN(C(=O)c1ccc3c(c1)C(=O)N(C1CCCCC1)C3=O)C2. The van der Waals surface area contributed by atoms with Gasteiger partial charge in [-0.1, -0.05) is 19.3 Å². The Morgan fingerprint density at radius 3 is 2.47 bits per heavy atom. The summed E-state index contributed by atoms with van der Waals surface area (Å²) in [5.74, 6) is -0.578. The molecule has 0 unspecified atom stereocenters. The third kappa shape index (κ3) is 3.34. The van der Waals surface area contributed by atoms with E-state index in [0.717, 1.165) is 44.1 Å². The van der Waals surface area contributed by atoms with E-state index in [4.69, 9.17) is 0 Å². The lowest BCUT2D eigenvalue weighted by Crippen LogP contribution is -2.40. The Morgan fingerprint density at radius 2 is 1.75 bits per heavy atom. The van der Waals surface area contributed by atoms with Crippen LogP contribution >= 0.6 is 0 Å². The highest BCUT2D eigenvalue weighted by atomic mass is 16.2. The molecule has 0 spiro atoms. The van der Waals surface area contributed by atoms with E-state index in [1.165, 1.54) is 10.6 Å². The second-order valence-electron chi connectivity index (χ2n) is 10.2. The van der Waals surface area contributed by atoms with E-state index in [2.05, 4.69) is 25.9 Å². The van der Waals surface area contributed by atoms with Crippen molar-refractivity contribution >= 4 is 17.7 Å². The molecule has 1 aromatic carbocycles. The van der Waals surface area contributed by atoms with E-state index >= 15 is 0 Å². The van der Waals surface area contributed by atoms with Crippen LogP contribution in [0.5, 0.6) is 0 Å². The van der Waals surface area contributed by atoms with E-state index in [1.807, 2.05) is 10.9 Å². The van der Waals surface area contributed by atoms with Gasteiger partial charge in [-0.2, -0.15) is 5.10 Å². The van der Waals surface area contributed by atoms with Crippen LogP contribution in [0.1, 0.15) is 95.2 Å². The summed E-state index contributed by atoms with van der Waals surface area (Å²) in [6.45, 7) is 7.47. The molecule has 7 nitrogen and oxygen atoms in total. The van der Waals surface area contributed by atoms with Crippen molar-refractivity contribution in [3.8, 4) is 0 Å². The predicted molar refractivity (Wildman–Crippen MR) is 119 cm³/mol. The highest BCUT2D eigenvalue weighted by molar-refractivity contribution is 6.22. The molecule has 1 aromatic heterocycles. The monoisotopic (exact) mass is 434 g/mol. The Labute approximate surface area is 188 Å². The molecule has 0 atom stereocenters. The van der Waals surface area contributed by atoms with Gasteiger partial charge in [0, 0.05) is 42.4 Å². The molecule has 0 radical (unpaired) electrons. The topological polar surface area (TPSA) is 75.5 Å². The van der Waals surface area contributed by atoms with Crippen molar-refractivity contribution in [3.05, 3.63) is 52.3 Å². The maximum absolute atomic E-state index is 13.3. The van der Waals surface area contributed by atoms with Gasteiger partial charge >= 0.3 is 0 Å². The van der Waals surface area contributed by atoms with Crippen LogP contribution in [-0.4, -0.2) is 49.9 Å². The lowest BCUT2D eigenvalue weighted by atomic mass is 9.94. The lowest BCUT2D eigenvalue weighted by Gasteiger charge is -2.30. The minimum atomic E-state index is -0.251. The van der Waals surface area contributed by atoms with E-state index < -0.39 is 0 Å². The number of aromatic nitrogens is 2. The average molecular weight is 435 g/mol. The fourth-order valence-electron chi connectivity index (χ4n) is 5.33. The van der Waals surface area contributed by atoms with E-state index in [1.54, 1.807) is 23.1 Å². The average Bonchev–Trinajstić information content (AvgIpc) is 3.32. The summed E-state index contributed by atoms with van der Waals surface area (Å²) in [5.41, 5.74) is 3.39. The summed E-state index contributed by atoms with van der Waals surface area (Å²) in [6.07, 6.45) is 7.59. The fraction of sp³-hybridized carbons (Fsp3) is 0.520. The summed E-state index contributed by atoms with van der Waals surface area (Å²) in [4.78, 5) is 42.5. The molecule has 0 bridgehead atoms. The molecule has 2 aromatic rings. The molecule has 3 amide bonds. The van der Waals surface area contributed by atoms with Crippen LogP contribution in [0.2, 0.25) is 0 Å². The normalized spacial score (nSPS) is 19.3. The Balaban J connectivity index is 1.37. The van der Waals surface area contributed by atoms with Crippen molar-refractivity contribution < 1.29 is 14.4 Å². The highest BCUT2D eigenvalue weighted by Gasteiger charge is 2.40. The summed E-state index contributed by atoms with van der Waals surface area (Å²) in [7, 11) is 0. The number of nitrogens with zero attached hydrogens (tertiary/aromatic N) is 4. The second-order valence-corrected chi connectivity index (χ2v) is 10.2. The standard InChI is InChI=1S/C25H30N4O3/c1-25(2,3)29-21-11-12-27(15-17(21)14-26-29)22(30)16-9-10-19-20(13-16)24(32)28(23(19)31)18-7-5-4-6-8-18/h9-10,13-14,18H,4-8,11-12,15H2,1-3H3. The smallest absolute Gasteiger partial charge is 0.261 e. The van der Waals surface area contributed by atoms with Gasteiger partial charge in [-0.3, -0.25) is 24.0 Å². The molecule has 1 fully saturated rings. The number of amides is 3. The number of carbonyl (C=O) groups is 3. The van der Waals surface area contributed by atoms with Crippen LogP contribution in [0.3, 0.4) is 0 Å². The van der Waals surface area contributed by atoms with E-state index in [9.17, 15) is 14.4 Å². The van der Waals surface area contributed by atoms with Crippen LogP contribution in [0.15, 0.2) is 24.4 Å². The van der Waals surface area contributed by atoms with Gasteiger partial charge in [-0.25, -0.2) is 0 Å². The van der Waals surface area contributed by atoms with Crippen molar-refractivity contribution in [2.24, 2.45) is 0 Å². The van der Waals surface area contributed by atoms with Gasteiger partial charge in [-0.05, 0) is 51.8 Å². The Kier molecular flexibility index (Phi) is 4.95. The molecular weight excluding hydrogens is 404 g/mol. The molecule has 7 heteroatoms. The third-order valence-corrected chi connectivity index (χ3v) is 6.96. The number of hydrogen-bond donors (Lipinski definition) is 0. The van der Waals surface area contributed by atoms with E-state index in [-0.39, 0.29) is 29.3 Å². The second kappa shape index (κ2) is 7.57. The van der Waals surface area contributed by atoms with Crippen molar-refractivity contribution in [1.82, 2.24) is 19.6 Å². The number of carbonyl (C=O) groups excluding carboxylic acids is 3. The van der Waals surface area contributed by atoms with Gasteiger partial charge < -0.3 is 4.90 Å². The molecule has 1 aliphatic carbocycles. The van der Waals surface area contributed by atoms with Crippen LogP contribution in [0, 0.1) is 0 Å². The quantitative estimate of drug-likeness (QED) is 0.675. The van der Waals surface area contributed by atoms with Crippen LogP contribution in [0.4, 0.5) is 0 Å². The van der Waals surface area contributed by atoms with Gasteiger partial charge in [0.05, 0.1) is 22.9 Å². The first kappa shape index (κ1) is 20.9. The minimum Gasteiger partial charge on any atom is -0.334 e. The van der Waals surface area contributed by atoms with Crippen molar-refractivity contribution in [2.45, 2.75) is 77.4 Å². The molecule has 0 saturated heterocycles. The Hall–Kier alpha value is -2.96. The summed E-state index contributed by atoms with van der Waals surface area (Å²) in [5, 5.41) is 4.54. The first-order chi connectivity index (χ1) is 15.3. The van der Waals surface area contributed by atoms with Gasteiger partial charge in [0.1, 0.15) is 0 Å². The first-order valence-corrected chi connectivity index (χ1v) is 11.6. The molecule has 1 saturated carbocycles. The molecule has 5 rings (SSSR count).